The maximum atomic E-state index is 12.1. The summed E-state index contributed by atoms with van der Waals surface area (Å²) in [5.41, 5.74) is 7.14. The molecule has 1 amide bonds. The number of hydrogen-bond donors (Lipinski definition) is 2. The van der Waals surface area contributed by atoms with Crippen molar-refractivity contribution >= 4 is 5.91 Å². The molecule has 1 aliphatic carbocycles. The van der Waals surface area contributed by atoms with Crippen LogP contribution >= 0.6 is 0 Å². The van der Waals surface area contributed by atoms with Gasteiger partial charge in [0, 0.05) is 18.3 Å². The van der Waals surface area contributed by atoms with Gasteiger partial charge >= 0.3 is 0 Å². The molecule has 1 aromatic heterocycles. The minimum Gasteiger partial charge on any atom is -0.352 e. The molecule has 19 heavy (non-hydrogen) atoms. The molecule has 1 aliphatic rings. The number of nitrogens with one attached hydrogen (secondary N) is 1. The second-order valence-corrected chi connectivity index (χ2v) is 5.92. The van der Waals surface area contributed by atoms with Gasteiger partial charge in [-0.3, -0.25) is 4.79 Å². The number of amides is 1. The molecule has 0 aliphatic heterocycles. The van der Waals surface area contributed by atoms with Crippen molar-refractivity contribution in [3.05, 3.63) is 18.2 Å². The van der Waals surface area contributed by atoms with E-state index >= 15 is 0 Å². The lowest BCUT2D eigenvalue weighted by atomic mass is 10.0. The van der Waals surface area contributed by atoms with E-state index in [2.05, 4.69) is 24.1 Å². The number of imidazole rings is 1. The van der Waals surface area contributed by atoms with Crippen molar-refractivity contribution in [2.75, 3.05) is 0 Å². The second kappa shape index (κ2) is 5.74. The molecule has 0 radical (unpaired) electrons. The molecule has 0 spiro atoms. The van der Waals surface area contributed by atoms with Crippen LogP contribution in [0.4, 0.5) is 0 Å². The molecule has 5 heteroatoms. The van der Waals surface area contributed by atoms with E-state index in [1.54, 1.807) is 12.5 Å². The van der Waals surface area contributed by atoms with Crippen molar-refractivity contribution in [3.63, 3.8) is 0 Å². The second-order valence-electron chi connectivity index (χ2n) is 5.92. The van der Waals surface area contributed by atoms with Crippen LogP contribution in [0.5, 0.6) is 0 Å². The molecule has 5 nitrogen and oxygen atoms in total. The maximum absolute atomic E-state index is 12.1. The average Bonchev–Trinajstić information content (AvgIpc) is 3.00. The Morgan fingerprint density at radius 3 is 2.79 bits per heavy atom. The zero-order valence-electron chi connectivity index (χ0n) is 12.0. The Kier molecular flexibility index (Phi) is 4.24. The van der Waals surface area contributed by atoms with Gasteiger partial charge in [0.25, 0.3) is 0 Å². The summed E-state index contributed by atoms with van der Waals surface area (Å²) >= 11 is 0. The van der Waals surface area contributed by atoms with Crippen molar-refractivity contribution in [1.29, 1.82) is 0 Å². The summed E-state index contributed by atoms with van der Waals surface area (Å²) in [6, 6.07) is 0.0567. The minimum atomic E-state index is -0.253. The zero-order chi connectivity index (χ0) is 14.0. The highest BCUT2D eigenvalue weighted by molar-refractivity contribution is 5.80. The number of carbonyl (C=O) groups is 1. The van der Waals surface area contributed by atoms with Crippen LogP contribution in [0.15, 0.2) is 12.5 Å². The largest absolute Gasteiger partial charge is 0.352 e. The maximum Gasteiger partial charge on any atom is 0.243 e. The average molecular weight is 264 g/mol. The highest BCUT2D eigenvalue weighted by Gasteiger charge is 2.27. The smallest absolute Gasteiger partial charge is 0.243 e. The molecule has 106 valence electrons. The molecule has 1 fully saturated rings. The summed E-state index contributed by atoms with van der Waals surface area (Å²) in [6.07, 6.45) is 6.56. The number of hydrogen-bond acceptors (Lipinski definition) is 3. The molecular weight excluding hydrogens is 240 g/mol. The number of nitrogens with zero attached hydrogens (tertiary/aromatic N) is 2. The third kappa shape index (κ3) is 3.56. The van der Waals surface area contributed by atoms with Gasteiger partial charge in [-0.25, -0.2) is 4.98 Å². The standard InChI is InChI=1S/C14H24N4O/c1-9(2)6-12(15)13-7-16-8-18(13)10(3)14(19)17-11-4-5-11/h7-12H,4-6,15H2,1-3H3,(H,17,19). The van der Waals surface area contributed by atoms with Crippen molar-refractivity contribution in [3.8, 4) is 0 Å². The Labute approximate surface area is 114 Å². The van der Waals surface area contributed by atoms with Crippen molar-refractivity contribution < 1.29 is 4.79 Å². The first-order valence-corrected chi connectivity index (χ1v) is 7.06. The SMILES string of the molecule is CC(C)CC(N)c1cncn1C(C)C(=O)NC1CC1. The van der Waals surface area contributed by atoms with Crippen molar-refractivity contribution in [2.24, 2.45) is 11.7 Å². The molecule has 0 saturated heterocycles. The highest BCUT2D eigenvalue weighted by atomic mass is 16.2. The van der Waals surface area contributed by atoms with Crippen LogP contribution in [-0.2, 0) is 4.79 Å². The summed E-state index contributed by atoms with van der Waals surface area (Å²) in [5.74, 6) is 0.576. The monoisotopic (exact) mass is 264 g/mol. The van der Waals surface area contributed by atoms with Gasteiger partial charge in [0.1, 0.15) is 6.04 Å². The van der Waals surface area contributed by atoms with Crippen molar-refractivity contribution in [1.82, 2.24) is 14.9 Å². The van der Waals surface area contributed by atoms with Gasteiger partial charge in [-0.05, 0) is 32.1 Å². The van der Waals surface area contributed by atoms with E-state index in [1.807, 2.05) is 11.5 Å². The number of nitrogens with two attached hydrogens (primary N) is 1. The van der Waals surface area contributed by atoms with Gasteiger partial charge < -0.3 is 15.6 Å². The van der Waals surface area contributed by atoms with Gasteiger partial charge in [-0.2, -0.15) is 0 Å². The Bertz CT molecular complexity index is 436. The topological polar surface area (TPSA) is 72.9 Å². The van der Waals surface area contributed by atoms with Crippen LogP contribution in [0.25, 0.3) is 0 Å². The van der Waals surface area contributed by atoms with Crippen LogP contribution < -0.4 is 11.1 Å². The van der Waals surface area contributed by atoms with Crippen LogP contribution in [0, 0.1) is 5.92 Å². The van der Waals surface area contributed by atoms with Crippen molar-refractivity contribution in [2.45, 2.75) is 58.2 Å². The fourth-order valence-corrected chi connectivity index (χ4v) is 2.23. The first-order valence-electron chi connectivity index (χ1n) is 7.06. The zero-order valence-corrected chi connectivity index (χ0v) is 12.0. The van der Waals surface area contributed by atoms with E-state index in [4.69, 9.17) is 5.73 Å². The Balaban J connectivity index is 2.06. The first-order chi connectivity index (χ1) is 8.99. The molecule has 1 saturated carbocycles. The van der Waals surface area contributed by atoms with Crippen LogP contribution in [-0.4, -0.2) is 21.5 Å². The van der Waals surface area contributed by atoms with Crippen LogP contribution in [0.1, 0.15) is 57.8 Å². The number of rotatable bonds is 6. The summed E-state index contributed by atoms with van der Waals surface area (Å²) in [6.45, 7) is 6.18. The van der Waals surface area contributed by atoms with Gasteiger partial charge in [-0.1, -0.05) is 13.8 Å². The number of carbonyl (C=O) groups excluding carboxylic acids is 1. The van der Waals surface area contributed by atoms with E-state index in [0.29, 0.717) is 12.0 Å². The predicted molar refractivity (Wildman–Crippen MR) is 74.5 cm³/mol. The predicted octanol–water partition coefficient (Wildman–Crippen LogP) is 1.77. The lowest BCUT2D eigenvalue weighted by Gasteiger charge is -2.20. The van der Waals surface area contributed by atoms with Crippen LogP contribution in [0.3, 0.4) is 0 Å². The minimum absolute atomic E-state index is 0.0542. The molecule has 2 atom stereocenters. The van der Waals surface area contributed by atoms with Gasteiger partial charge in [0.2, 0.25) is 5.91 Å². The normalized spacial score (nSPS) is 18.4. The Morgan fingerprint density at radius 2 is 2.21 bits per heavy atom. The van der Waals surface area contributed by atoms with Gasteiger partial charge in [-0.15, -0.1) is 0 Å². The third-order valence-electron chi connectivity index (χ3n) is 3.52. The van der Waals surface area contributed by atoms with Gasteiger partial charge in [0.05, 0.1) is 12.0 Å². The lowest BCUT2D eigenvalue weighted by Crippen LogP contribution is -2.33. The fraction of sp³-hybridized carbons (Fsp3) is 0.714. The van der Waals surface area contributed by atoms with Crippen LogP contribution in [0.2, 0.25) is 0 Å². The summed E-state index contributed by atoms with van der Waals surface area (Å²) in [7, 11) is 0. The summed E-state index contributed by atoms with van der Waals surface area (Å²) < 4.78 is 1.89. The lowest BCUT2D eigenvalue weighted by molar-refractivity contribution is -0.124. The summed E-state index contributed by atoms with van der Waals surface area (Å²) in [4.78, 5) is 16.2. The molecule has 3 N–H and O–H groups in total. The molecule has 1 heterocycles. The Morgan fingerprint density at radius 1 is 1.53 bits per heavy atom. The molecule has 2 unspecified atom stereocenters. The molecule has 1 aromatic rings. The molecule has 0 bridgehead atoms. The fourth-order valence-electron chi connectivity index (χ4n) is 2.23. The first kappa shape index (κ1) is 14.1. The highest BCUT2D eigenvalue weighted by Crippen LogP contribution is 2.23. The van der Waals surface area contributed by atoms with E-state index < -0.39 is 0 Å². The summed E-state index contributed by atoms with van der Waals surface area (Å²) in [5, 5.41) is 3.02. The molecular formula is C14H24N4O. The van der Waals surface area contributed by atoms with E-state index in [9.17, 15) is 4.79 Å². The Hall–Kier alpha value is -1.36. The quantitative estimate of drug-likeness (QED) is 0.822. The molecule has 0 aromatic carbocycles. The third-order valence-corrected chi connectivity index (χ3v) is 3.52. The van der Waals surface area contributed by atoms with E-state index in [-0.39, 0.29) is 18.0 Å². The number of aromatic nitrogens is 2. The molecule has 2 rings (SSSR count). The van der Waals surface area contributed by atoms with E-state index in [1.165, 1.54) is 0 Å². The van der Waals surface area contributed by atoms with Gasteiger partial charge in [0.15, 0.2) is 0 Å². The van der Waals surface area contributed by atoms with E-state index in [0.717, 1.165) is 25.0 Å².